The Labute approximate surface area is 147 Å². The van der Waals surface area contributed by atoms with Gasteiger partial charge in [0.2, 0.25) is 5.91 Å². The minimum absolute atomic E-state index is 0.0123. The lowest BCUT2D eigenvalue weighted by atomic mass is 10.0. The second kappa shape index (κ2) is 8.87. The fourth-order valence-electron chi connectivity index (χ4n) is 4.75. The molecule has 1 saturated carbocycles. The summed E-state index contributed by atoms with van der Waals surface area (Å²) in [6.07, 6.45) is 18.1. The monoisotopic (exact) mass is 331 g/mol. The standard InChI is InChI=1S/C20H33N3O/c1-2-13-22-14-8-7-11-19(22)20(24)21-17-12-15-23(16-17)18-9-5-3-4-6-10-18/h1,17-19H,3-16H2,(H,21,24). The lowest BCUT2D eigenvalue weighted by Gasteiger charge is -2.34. The molecule has 0 spiro atoms. The first kappa shape index (κ1) is 17.8. The van der Waals surface area contributed by atoms with Gasteiger partial charge in [-0.15, -0.1) is 6.42 Å². The highest BCUT2D eigenvalue weighted by atomic mass is 16.2. The molecular weight excluding hydrogens is 298 g/mol. The molecule has 0 aromatic carbocycles. The molecule has 134 valence electrons. The highest BCUT2D eigenvalue weighted by Gasteiger charge is 2.33. The van der Waals surface area contributed by atoms with Gasteiger partial charge in [0.1, 0.15) is 0 Å². The Balaban J connectivity index is 1.49. The van der Waals surface area contributed by atoms with Gasteiger partial charge < -0.3 is 5.32 Å². The SMILES string of the molecule is C#CCN1CCCCC1C(=O)NC1CCN(C2CCCCCC2)C1. The Morgan fingerprint density at radius 3 is 2.50 bits per heavy atom. The van der Waals surface area contributed by atoms with Gasteiger partial charge in [-0.1, -0.05) is 38.0 Å². The summed E-state index contributed by atoms with van der Waals surface area (Å²) in [5, 5.41) is 3.33. The van der Waals surface area contributed by atoms with Gasteiger partial charge in [0, 0.05) is 25.2 Å². The minimum Gasteiger partial charge on any atom is -0.351 e. The molecule has 3 aliphatic rings. The van der Waals surface area contributed by atoms with Crippen LogP contribution in [0.25, 0.3) is 0 Å². The molecule has 2 unspecified atom stereocenters. The third-order valence-corrected chi connectivity index (χ3v) is 6.12. The lowest BCUT2D eigenvalue weighted by Crippen LogP contribution is -2.52. The summed E-state index contributed by atoms with van der Waals surface area (Å²) in [5.74, 6) is 2.92. The molecule has 4 nitrogen and oxygen atoms in total. The van der Waals surface area contributed by atoms with Crippen molar-refractivity contribution in [2.75, 3.05) is 26.2 Å². The van der Waals surface area contributed by atoms with Crippen LogP contribution in [0.1, 0.15) is 64.2 Å². The molecule has 24 heavy (non-hydrogen) atoms. The van der Waals surface area contributed by atoms with Gasteiger partial charge in [-0.2, -0.15) is 0 Å². The second-order valence-electron chi connectivity index (χ2n) is 7.82. The van der Waals surface area contributed by atoms with Crippen molar-refractivity contribution in [3.63, 3.8) is 0 Å². The van der Waals surface area contributed by atoms with Crippen LogP contribution in [0.3, 0.4) is 0 Å². The molecule has 2 saturated heterocycles. The average Bonchev–Trinajstić information content (AvgIpc) is 2.88. The quantitative estimate of drug-likeness (QED) is 0.635. The third kappa shape index (κ3) is 4.52. The molecule has 2 atom stereocenters. The van der Waals surface area contributed by atoms with E-state index in [4.69, 9.17) is 6.42 Å². The van der Waals surface area contributed by atoms with Crippen LogP contribution in [0.5, 0.6) is 0 Å². The van der Waals surface area contributed by atoms with E-state index in [0.717, 1.165) is 51.4 Å². The number of rotatable bonds is 4. The summed E-state index contributed by atoms with van der Waals surface area (Å²) >= 11 is 0. The fraction of sp³-hybridized carbons (Fsp3) is 0.850. The van der Waals surface area contributed by atoms with Crippen molar-refractivity contribution in [2.45, 2.75) is 82.3 Å². The van der Waals surface area contributed by atoms with Crippen LogP contribution in [-0.2, 0) is 4.79 Å². The Kier molecular flexibility index (Phi) is 6.57. The van der Waals surface area contributed by atoms with E-state index in [1.165, 1.54) is 38.5 Å². The summed E-state index contributed by atoms with van der Waals surface area (Å²) in [5.41, 5.74) is 0. The van der Waals surface area contributed by atoms with Crippen LogP contribution in [0.2, 0.25) is 0 Å². The van der Waals surface area contributed by atoms with Gasteiger partial charge in [0.25, 0.3) is 0 Å². The predicted octanol–water partition coefficient (Wildman–Crippen LogP) is 2.39. The molecule has 1 N–H and O–H groups in total. The first-order chi connectivity index (χ1) is 11.8. The van der Waals surface area contributed by atoms with E-state index >= 15 is 0 Å². The molecule has 3 rings (SSSR count). The number of piperidine rings is 1. The number of amides is 1. The Morgan fingerprint density at radius 1 is 1.00 bits per heavy atom. The molecule has 0 radical (unpaired) electrons. The number of carbonyl (C=O) groups excluding carboxylic acids is 1. The molecule has 1 amide bonds. The number of terminal acetylenes is 1. The summed E-state index contributed by atoms with van der Waals surface area (Å²) in [6, 6.07) is 1.07. The van der Waals surface area contributed by atoms with Crippen molar-refractivity contribution in [2.24, 2.45) is 0 Å². The van der Waals surface area contributed by atoms with E-state index in [9.17, 15) is 4.79 Å². The van der Waals surface area contributed by atoms with E-state index in [1.54, 1.807) is 0 Å². The Hall–Kier alpha value is -1.05. The van der Waals surface area contributed by atoms with Crippen LogP contribution in [0.15, 0.2) is 0 Å². The maximum atomic E-state index is 12.7. The van der Waals surface area contributed by atoms with E-state index in [0.29, 0.717) is 12.6 Å². The van der Waals surface area contributed by atoms with Crippen LogP contribution in [-0.4, -0.2) is 60.0 Å². The fourth-order valence-corrected chi connectivity index (χ4v) is 4.75. The van der Waals surface area contributed by atoms with Crippen molar-refractivity contribution in [3.05, 3.63) is 0 Å². The maximum absolute atomic E-state index is 12.7. The predicted molar refractivity (Wildman–Crippen MR) is 97.7 cm³/mol. The van der Waals surface area contributed by atoms with Crippen LogP contribution < -0.4 is 5.32 Å². The number of nitrogens with zero attached hydrogens (tertiary/aromatic N) is 2. The van der Waals surface area contributed by atoms with Crippen molar-refractivity contribution in [1.29, 1.82) is 0 Å². The third-order valence-electron chi connectivity index (χ3n) is 6.12. The molecule has 0 aromatic heterocycles. The van der Waals surface area contributed by atoms with E-state index < -0.39 is 0 Å². The topological polar surface area (TPSA) is 35.6 Å². The number of nitrogens with one attached hydrogen (secondary N) is 1. The van der Waals surface area contributed by atoms with E-state index in [1.807, 2.05) is 0 Å². The highest BCUT2D eigenvalue weighted by Crippen LogP contribution is 2.25. The number of carbonyl (C=O) groups is 1. The first-order valence-electron chi connectivity index (χ1n) is 10.00. The van der Waals surface area contributed by atoms with Gasteiger partial charge >= 0.3 is 0 Å². The largest absolute Gasteiger partial charge is 0.351 e. The second-order valence-corrected chi connectivity index (χ2v) is 7.82. The smallest absolute Gasteiger partial charge is 0.237 e. The Morgan fingerprint density at radius 2 is 1.75 bits per heavy atom. The molecule has 1 aliphatic carbocycles. The summed E-state index contributed by atoms with van der Waals surface area (Å²) in [6.45, 7) is 3.74. The van der Waals surface area contributed by atoms with Gasteiger partial charge in [-0.05, 0) is 38.6 Å². The highest BCUT2D eigenvalue weighted by molar-refractivity contribution is 5.82. The summed E-state index contributed by atoms with van der Waals surface area (Å²) in [4.78, 5) is 17.6. The lowest BCUT2D eigenvalue weighted by molar-refractivity contribution is -0.128. The first-order valence-corrected chi connectivity index (χ1v) is 10.00. The molecule has 2 aliphatic heterocycles. The molecular formula is C20H33N3O. The minimum atomic E-state index is -0.0123. The van der Waals surface area contributed by atoms with Crippen molar-refractivity contribution < 1.29 is 4.79 Å². The van der Waals surface area contributed by atoms with Crippen LogP contribution >= 0.6 is 0 Å². The van der Waals surface area contributed by atoms with Crippen LogP contribution in [0.4, 0.5) is 0 Å². The number of hydrogen-bond donors (Lipinski definition) is 1. The van der Waals surface area contributed by atoms with Gasteiger partial charge in [0.05, 0.1) is 12.6 Å². The Bertz CT molecular complexity index is 450. The van der Waals surface area contributed by atoms with Crippen LogP contribution in [0, 0.1) is 12.3 Å². The molecule has 0 bridgehead atoms. The van der Waals surface area contributed by atoms with Crippen molar-refractivity contribution >= 4 is 5.91 Å². The van der Waals surface area contributed by atoms with Crippen molar-refractivity contribution in [3.8, 4) is 12.3 Å². The van der Waals surface area contributed by atoms with Crippen molar-refractivity contribution in [1.82, 2.24) is 15.1 Å². The molecule has 0 aromatic rings. The zero-order valence-electron chi connectivity index (χ0n) is 15.0. The number of hydrogen-bond acceptors (Lipinski definition) is 3. The van der Waals surface area contributed by atoms with Gasteiger partial charge in [-0.25, -0.2) is 0 Å². The van der Waals surface area contributed by atoms with Gasteiger partial charge in [0.15, 0.2) is 0 Å². The van der Waals surface area contributed by atoms with E-state index in [2.05, 4.69) is 21.0 Å². The normalized spacial score (nSPS) is 30.6. The van der Waals surface area contributed by atoms with E-state index in [-0.39, 0.29) is 11.9 Å². The zero-order valence-corrected chi connectivity index (χ0v) is 15.0. The molecule has 4 heteroatoms. The average molecular weight is 332 g/mol. The molecule has 2 heterocycles. The van der Waals surface area contributed by atoms with Gasteiger partial charge in [-0.3, -0.25) is 14.6 Å². The zero-order chi connectivity index (χ0) is 16.8. The summed E-state index contributed by atoms with van der Waals surface area (Å²) in [7, 11) is 0. The molecule has 3 fully saturated rings. The summed E-state index contributed by atoms with van der Waals surface area (Å²) < 4.78 is 0. The maximum Gasteiger partial charge on any atom is 0.237 e. The number of likely N-dealkylation sites (tertiary alicyclic amines) is 2.